The Morgan fingerprint density at radius 3 is 2.81 bits per heavy atom. The maximum atomic E-state index is 12.0. The highest BCUT2D eigenvalue weighted by Crippen LogP contribution is 2.49. The molecule has 0 aliphatic heterocycles. The zero-order chi connectivity index (χ0) is 14.8. The van der Waals surface area contributed by atoms with Crippen molar-refractivity contribution in [1.82, 2.24) is 5.32 Å². The van der Waals surface area contributed by atoms with Crippen molar-refractivity contribution in [3.8, 4) is 0 Å². The zero-order valence-electron chi connectivity index (χ0n) is 12.4. The molecule has 2 aliphatic carbocycles. The predicted octanol–water partition coefficient (Wildman–Crippen LogP) is 3.80. The second-order valence-electron chi connectivity index (χ2n) is 6.54. The van der Waals surface area contributed by atoms with Gasteiger partial charge in [0.1, 0.15) is 0 Å². The number of carbonyl (C=O) groups excluding carboxylic acids is 1. The van der Waals surface area contributed by atoms with E-state index >= 15 is 0 Å². The van der Waals surface area contributed by atoms with Crippen LogP contribution in [0.5, 0.6) is 0 Å². The van der Waals surface area contributed by atoms with Crippen LogP contribution < -0.4 is 10.6 Å². The highest BCUT2D eigenvalue weighted by Gasteiger charge is 2.41. The molecule has 4 atom stereocenters. The van der Waals surface area contributed by atoms with Crippen LogP contribution in [0.25, 0.3) is 0 Å². The molecule has 2 saturated carbocycles. The van der Waals surface area contributed by atoms with Gasteiger partial charge in [0.2, 0.25) is 5.91 Å². The molecule has 4 unspecified atom stereocenters. The summed E-state index contributed by atoms with van der Waals surface area (Å²) in [6, 6.07) is 8.13. The normalized spacial score (nSPS) is 28.6. The minimum Gasteiger partial charge on any atom is -0.324 e. The van der Waals surface area contributed by atoms with Gasteiger partial charge in [-0.1, -0.05) is 18.6 Å². The Hall–Kier alpha value is -0.870. The van der Waals surface area contributed by atoms with Crippen molar-refractivity contribution in [3.05, 3.63) is 28.7 Å². The third kappa shape index (κ3) is 3.49. The standard InChI is InChI=1S/C17H23BrN2O/c1-11(14-9-12-6-7-13(14)8-12)19-10-17(21)20-16-5-3-2-4-15(16)18/h2-5,11-14,19H,6-10H2,1H3,(H,20,21). The Kier molecular flexibility index (Phi) is 4.65. The number of rotatable bonds is 5. The van der Waals surface area contributed by atoms with Gasteiger partial charge in [-0.25, -0.2) is 0 Å². The SMILES string of the molecule is CC(NCC(=O)Nc1ccccc1Br)C1CC2CCC1C2. The van der Waals surface area contributed by atoms with Crippen molar-refractivity contribution in [2.24, 2.45) is 17.8 Å². The number of benzene rings is 1. The summed E-state index contributed by atoms with van der Waals surface area (Å²) in [5.41, 5.74) is 0.830. The van der Waals surface area contributed by atoms with Gasteiger partial charge >= 0.3 is 0 Å². The summed E-state index contributed by atoms with van der Waals surface area (Å²) in [6.45, 7) is 2.62. The minimum absolute atomic E-state index is 0.0249. The maximum absolute atomic E-state index is 12.0. The number of anilines is 1. The molecule has 0 radical (unpaired) electrons. The van der Waals surface area contributed by atoms with E-state index in [2.05, 4.69) is 33.5 Å². The van der Waals surface area contributed by atoms with Crippen molar-refractivity contribution in [2.75, 3.05) is 11.9 Å². The minimum atomic E-state index is 0.0249. The molecule has 0 aromatic heterocycles. The van der Waals surface area contributed by atoms with Crippen LogP contribution in [-0.2, 0) is 4.79 Å². The summed E-state index contributed by atoms with van der Waals surface area (Å²) in [4.78, 5) is 12.0. The average molecular weight is 351 g/mol. The summed E-state index contributed by atoms with van der Waals surface area (Å²) < 4.78 is 0.916. The van der Waals surface area contributed by atoms with Crippen molar-refractivity contribution in [2.45, 2.75) is 38.6 Å². The number of hydrogen-bond acceptors (Lipinski definition) is 2. The molecule has 0 saturated heterocycles. The van der Waals surface area contributed by atoms with Crippen LogP contribution >= 0.6 is 15.9 Å². The van der Waals surface area contributed by atoms with E-state index in [9.17, 15) is 4.79 Å². The molecular weight excluding hydrogens is 328 g/mol. The molecule has 3 nitrogen and oxygen atoms in total. The van der Waals surface area contributed by atoms with Crippen LogP contribution in [0.4, 0.5) is 5.69 Å². The van der Waals surface area contributed by atoms with Crippen LogP contribution in [0.1, 0.15) is 32.6 Å². The molecule has 21 heavy (non-hydrogen) atoms. The van der Waals surface area contributed by atoms with Gasteiger partial charge in [0.15, 0.2) is 0 Å². The topological polar surface area (TPSA) is 41.1 Å². The van der Waals surface area contributed by atoms with E-state index in [0.717, 1.165) is 27.9 Å². The fourth-order valence-corrected chi connectivity index (χ4v) is 4.45. The predicted molar refractivity (Wildman–Crippen MR) is 89.2 cm³/mol. The highest BCUT2D eigenvalue weighted by atomic mass is 79.9. The fourth-order valence-electron chi connectivity index (χ4n) is 4.07. The Morgan fingerprint density at radius 2 is 2.14 bits per heavy atom. The van der Waals surface area contributed by atoms with Gasteiger partial charge in [-0.3, -0.25) is 4.79 Å². The van der Waals surface area contributed by atoms with Crippen molar-refractivity contribution in [1.29, 1.82) is 0 Å². The van der Waals surface area contributed by atoms with Crippen LogP contribution in [0.2, 0.25) is 0 Å². The molecule has 2 bridgehead atoms. The smallest absolute Gasteiger partial charge is 0.238 e. The first-order chi connectivity index (χ1) is 10.1. The summed E-state index contributed by atoms with van der Waals surface area (Å²) in [7, 11) is 0. The Labute approximate surface area is 135 Å². The van der Waals surface area contributed by atoms with E-state index in [4.69, 9.17) is 0 Å². The lowest BCUT2D eigenvalue weighted by Gasteiger charge is -2.28. The molecule has 2 N–H and O–H groups in total. The third-order valence-corrected chi connectivity index (χ3v) is 5.86. The number of para-hydroxylation sites is 1. The number of amides is 1. The number of hydrogen-bond donors (Lipinski definition) is 2. The summed E-state index contributed by atoms with van der Waals surface area (Å²) in [5, 5.41) is 6.36. The molecule has 1 amide bonds. The number of nitrogens with one attached hydrogen (secondary N) is 2. The highest BCUT2D eigenvalue weighted by molar-refractivity contribution is 9.10. The van der Waals surface area contributed by atoms with E-state index < -0.39 is 0 Å². The van der Waals surface area contributed by atoms with E-state index in [-0.39, 0.29) is 5.91 Å². The van der Waals surface area contributed by atoms with Gasteiger partial charge in [-0.05, 0) is 72.0 Å². The molecule has 0 heterocycles. The van der Waals surface area contributed by atoms with Gasteiger partial charge in [0.25, 0.3) is 0 Å². The first-order valence-corrected chi connectivity index (χ1v) is 8.70. The van der Waals surface area contributed by atoms with Crippen LogP contribution in [0.15, 0.2) is 28.7 Å². The Balaban J connectivity index is 1.46. The largest absolute Gasteiger partial charge is 0.324 e. The van der Waals surface area contributed by atoms with Gasteiger partial charge < -0.3 is 10.6 Å². The Bertz CT molecular complexity index is 519. The molecule has 0 spiro atoms. The summed E-state index contributed by atoms with van der Waals surface area (Å²) >= 11 is 3.45. The van der Waals surface area contributed by atoms with E-state index in [1.807, 2.05) is 24.3 Å². The van der Waals surface area contributed by atoms with Gasteiger partial charge in [-0.15, -0.1) is 0 Å². The van der Waals surface area contributed by atoms with E-state index in [0.29, 0.717) is 12.6 Å². The van der Waals surface area contributed by atoms with Crippen LogP contribution in [0.3, 0.4) is 0 Å². The van der Waals surface area contributed by atoms with E-state index in [1.54, 1.807) is 0 Å². The average Bonchev–Trinajstić information content (AvgIpc) is 3.10. The molecule has 114 valence electrons. The Morgan fingerprint density at radius 1 is 1.33 bits per heavy atom. The maximum Gasteiger partial charge on any atom is 0.238 e. The lowest BCUT2D eigenvalue weighted by Crippen LogP contribution is -2.40. The molecule has 4 heteroatoms. The molecular formula is C17H23BrN2O. The van der Waals surface area contributed by atoms with Crippen molar-refractivity contribution in [3.63, 3.8) is 0 Å². The summed E-state index contributed by atoms with van der Waals surface area (Å²) in [5.74, 6) is 2.64. The monoisotopic (exact) mass is 350 g/mol. The van der Waals surface area contributed by atoms with Crippen LogP contribution in [-0.4, -0.2) is 18.5 Å². The molecule has 2 fully saturated rings. The zero-order valence-corrected chi connectivity index (χ0v) is 14.0. The molecule has 2 aliphatic rings. The third-order valence-electron chi connectivity index (χ3n) is 5.17. The first-order valence-electron chi connectivity index (χ1n) is 7.91. The number of carbonyl (C=O) groups is 1. The lowest BCUT2D eigenvalue weighted by molar-refractivity contribution is -0.115. The fraction of sp³-hybridized carbons (Fsp3) is 0.588. The van der Waals surface area contributed by atoms with Gasteiger partial charge in [-0.2, -0.15) is 0 Å². The van der Waals surface area contributed by atoms with Crippen molar-refractivity contribution < 1.29 is 4.79 Å². The number of halogens is 1. The van der Waals surface area contributed by atoms with E-state index in [1.165, 1.54) is 25.7 Å². The van der Waals surface area contributed by atoms with Crippen LogP contribution in [0, 0.1) is 17.8 Å². The first kappa shape index (κ1) is 15.0. The molecule has 3 rings (SSSR count). The molecule has 1 aromatic rings. The second kappa shape index (κ2) is 6.49. The molecule has 1 aromatic carbocycles. The van der Waals surface area contributed by atoms with Gasteiger partial charge in [0.05, 0.1) is 12.2 Å². The second-order valence-corrected chi connectivity index (χ2v) is 7.39. The number of fused-ring (bicyclic) bond motifs is 2. The summed E-state index contributed by atoms with van der Waals surface area (Å²) in [6.07, 6.45) is 5.59. The van der Waals surface area contributed by atoms with Gasteiger partial charge in [0, 0.05) is 10.5 Å². The lowest BCUT2D eigenvalue weighted by atomic mass is 9.84. The van der Waals surface area contributed by atoms with Crippen molar-refractivity contribution >= 4 is 27.5 Å². The quantitative estimate of drug-likeness (QED) is 0.847.